The lowest BCUT2D eigenvalue weighted by molar-refractivity contribution is 0.208. The summed E-state index contributed by atoms with van der Waals surface area (Å²) in [4.78, 5) is 2.21. The third kappa shape index (κ3) is 5.44. The first-order chi connectivity index (χ1) is 8.25. The van der Waals surface area contributed by atoms with Gasteiger partial charge in [0.1, 0.15) is 0 Å². The van der Waals surface area contributed by atoms with Crippen molar-refractivity contribution in [1.82, 2.24) is 10.2 Å². The van der Waals surface area contributed by atoms with Crippen molar-refractivity contribution >= 4 is 0 Å². The molecule has 0 bridgehead atoms. The van der Waals surface area contributed by atoms with Gasteiger partial charge >= 0.3 is 0 Å². The minimum atomic E-state index is 0.107. The SMILES string of the molecule is CCCCCCCCCC1NC=CN1C(C)N. The molecule has 0 aromatic heterocycles. The van der Waals surface area contributed by atoms with Gasteiger partial charge in [-0.05, 0) is 19.8 Å². The quantitative estimate of drug-likeness (QED) is 0.607. The van der Waals surface area contributed by atoms with Crippen molar-refractivity contribution in [3.8, 4) is 0 Å². The van der Waals surface area contributed by atoms with Gasteiger partial charge in [0.2, 0.25) is 0 Å². The molecule has 2 atom stereocenters. The van der Waals surface area contributed by atoms with E-state index in [-0.39, 0.29) is 6.17 Å². The maximum atomic E-state index is 5.91. The van der Waals surface area contributed by atoms with E-state index < -0.39 is 0 Å². The Morgan fingerprint density at radius 3 is 2.47 bits per heavy atom. The maximum absolute atomic E-state index is 5.91. The van der Waals surface area contributed by atoms with Gasteiger partial charge in [0.15, 0.2) is 0 Å². The van der Waals surface area contributed by atoms with Crippen molar-refractivity contribution < 1.29 is 0 Å². The zero-order valence-electron chi connectivity index (χ0n) is 11.5. The molecular formula is C14H29N3. The fourth-order valence-corrected chi connectivity index (χ4v) is 2.38. The topological polar surface area (TPSA) is 41.3 Å². The molecule has 2 unspecified atom stereocenters. The van der Waals surface area contributed by atoms with Crippen LogP contribution < -0.4 is 11.1 Å². The average Bonchev–Trinajstić information content (AvgIpc) is 2.76. The summed E-state index contributed by atoms with van der Waals surface area (Å²) in [5, 5.41) is 3.36. The molecular weight excluding hydrogens is 210 g/mol. The molecule has 0 fully saturated rings. The number of rotatable bonds is 9. The van der Waals surface area contributed by atoms with Crippen LogP contribution in [-0.2, 0) is 0 Å². The molecule has 3 nitrogen and oxygen atoms in total. The number of nitrogens with one attached hydrogen (secondary N) is 1. The second-order valence-corrected chi connectivity index (χ2v) is 5.10. The molecule has 1 heterocycles. The maximum Gasteiger partial charge on any atom is 0.0995 e. The van der Waals surface area contributed by atoms with E-state index in [9.17, 15) is 0 Å². The van der Waals surface area contributed by atoms with E-state index in [2.05, 4.69) is 23.3 Å². The van der Waals surface area contributed by atoms with Gasteiger partial charge in [-0.1, -0.05) is 45.4 Å². The molecule has 0 saturated carbocycles. The Morgan fingerprint density at radius 1 is 1.18 bits per heavy atom. The van der Waals surface area contributed by atoms with Crippen LogP contribution in [0.4, 0.5) is 0 Å². The standard InChI is InChI=1S/C14H29N3/c1-3-4-5-6-7-8-9-10-14-16-11-12-17(14)13(2)15/h11-14,16H,3-10,15H2,1-2H3. The summed E-state index contributed by atoms with van der Waals surface area (Å²) in [7, 11) is 0. The number of hydrogen-bond acceptors (Lipinski definition) is 3. The molecule has 1 aliphatic rings. The van der Waals surface area contributed by atoms with Crippen LogP contribution >= 0.6 is 0 Å². The van der Waals surface area contributed by atoms with Crippen LogP contribution in [0.5, 0.6) is 0 Å². The monoisotopic (exact) mass is 239 g/mol. The van der Waals surface area contributed by atoms with Gasteiger partial charge in [-0.2, -0.15) is 0 Å². The van der Waals surface area contributed by atoms with Gasteiger partial charge in [0.25, 0.3) is 0 Å². The Hall–Kier alpha value is -0.700. The van der Waals surface area contributed by atoms with Crippen molar-refractivity contribution in [2.24, 2.45) is 5.73 Å². The summed E-state index contributed by atoms with van der Waals surface area (Å²) in [5.74, 6) is 0. The highest BCUT2D eigenvalue weighted by molar-refractivity contribution is 4.95. The number of nitrogens with two attached hydrogens (primary N) is 1. The normalized spacial score (nSPS) is 20.6. The molecule has 0 saturated heterocycles. The second kappa shape index (κ2) is 8.40. The summed E-state index contributed by atoms with van der Waals surface area (Å²) < 4.78 is 0. The summed E-state index contributed by atoms with van der Waals surface area (Å²) in [6, 6.07) is 0. The number of unbranched alkanes of at least 4 members (excludes halogenated alkanes) is 6. The Bertz CT molecular complexity index is 214. The third-order valence-corrected chi connectivity index (χ3v) is 3.45. The van der Waals surface area contributed by atoms with Crippen LogP contribution in [0.15, 0.2) is 12.4 Å². The van der Waals surface area contributed by atoms with E-state index in [0.29, 0.717) is 6.17 Å². The largest absolute Gasteiger partial charge is 0.370 e. The molecule has 0 radical (unpaired) electrons. The van der Waals surface area contributed by atoms with Crippen molar-refractivity contribution in [2.75, 3.05) is 0 Å². The number of hydrogen-bond donors (Lipinski definition) is 2. The van der Waals surface area contributed by atoms with Crippen molar-refractivity contribution in [3.05, 3.63) is 12.4 Å². The molecule has 17 heavy (non-hydrogen) atoms. The zero-order chi connectivity index (χ0) is 12.5. The molecule has 3 N–H and O–H groups in total. The van der Waals surface area contributed by atoms with Gasteiger partial charge in [-0.15, -0.1) is 0 Å². The van der Waals surface area contributed by atoms with Crippen molar-refractivity contribution in [2.45, 2.75) is 77.5 Å². The first-order valence-corrected chi connectivity index (χ1v) is 7.21. The van der Waals surface area contributed by atoms with Gasteiger partial charge in [0, 0.05) is 12.4 Å². The summed E-state index contributed by atoms with van der Waals surface area (Å²) in [6.07, 6.45) is 15.4. The van der Waals surface area contributed by atoms with E-state index in [1.165, 1.54) is 51.4 Å². The van der Waals surface area contributed by atoms with Gasteiger partial charge in [0.05, 0.1) is 12.3 Å². The predicted molar refractivity (Wildman–Crippen MR) is 74.2 cm³/mol. The Balaban J connectivity index is 1.99. The van der Waals surface area contributed by atoms with Gasteiger partial charge in [-0.25, -0.2) is 0 Å². The second-order valence-electron chi connectivity index (χ2n) is 5.10. The molecule has 1 aliphatic heterocycles. The smallest absolute Gasteiger partial charge is 0.0995 e. The van der Waals surface area contributed by atoms with E-state index >= 15 is 0 Å². The molecule has 100 valence electrons. The number of nitrogens with zero attached hydrogens (tertiary/aromatic N) is 1. The summed E-state index contributed by atoms with van der Waals surface area (Å²) >= 11 is 0. The van der Waals surface area contributed by atoms with Crippen LogP contribution in [-0.4, -0.2) is 17.2 Å². The highest BCUT2D eigenvalue weighted by atomic mass is 15.3. The molecule has 0 aromatic carbocycles. The van der Waals surface area contributed by atoms with Gasteiger partial charge < -0.3 is 16.0 Å². The summed E-state index contributed by atoms with van der Waals surface area (Å²) in [5.41, 5.74) is 5.91. The fraction of sp³-hybridized carbons (Fsp3) is 0.857. The lowest BCUT2D eigenvalue weighted by Crippen LogP contribution is -2.44. The molecule has 0 amide bonds. The van der Waals surface area contributed by atoms with Crippen LogP contribution in [0, 0.1) is 0 Å². The lowest BCUT2D eigenvalue weighted by Gasteiger charge is -2.28. The lowest BCUT2D eigenvalue weighted by atomic mass is 10.1. The molecule has 3 heteroatoms. The highest BCUT2D eigenvalue weighted by Gasteiger charge is 2.20. The predicted octanol–water partition coefficient (Wildman–Crippen LogP) is 3.13. The van der Waals surface area contributed by atoms with E-state index in [1.807, 2.05) is 13.1 Å². The Labute approximate surface area is 106 Å². The zero-order valence-corrected chi connectivity index (χ0v) is 11.5. The van der Waals surface area contributed by atoms with E-state index in [4.69, 9.17) is 5.73 Å². The van der Waals surface area contributed by atoms with Crippen LogP contribution in [0.2, 0.25) is 0 Å². The first-order valence-electron chi connectivity index (χ1n) is 7.21. The van der Waals surface area contributed by atoms with Crippen LogP contribution in [0.25, 0.3) is 0 Å². The average molecular weight is 239 g/mol. The fourth-order valence-electron chi connectivity index (χ4n) is 2.38. The van der Waals surface area contributed by atoms with Crippen molar-refractivity contribution in [1.29, 1.82) is 0 Å². The Kier molecular flexibility index (Phi) is 7.10. The van der Waals surface area contributed by atoms with Crippen molar-refractivity contribution in [3.63, 3.8) is 0 Å². The van der Waals surface area contributed by atoms with Crippen LogP contribution in [0.3, 0.4) is 0 Å². The molecule has 0 aliphatic carbocycles. The molecule has 0 spiro atoms. The van der Waals surface area contributed by atoms with E-state index in [1.54, 1.807) is 0 Å². The Morgan fingerprint density at radius 2 is 1.82 bits per heavy atom. The highest BCUT2D eigenvalue weighted by Crippen LogP contribution is 2.15. The first kappa shape index (κ1) is 14.4. The minimum Gasteiger partial charge on any atom is -0.370 e. The summed E-state index contributed by atoms with van der Waals surface area (Å²) in [6.45, 7) is 4.30. The van der Waals surface area contributed by atoms with Crippen LogP contribution in [0.1, 0.15) is 65.2 Å². The van der Waals surface area contributed by atoms with E-state index in [0.717, 1.165) is 0 Å². The molecule has 0 aromatic rings. The minimum absolute atomic E-state index is 0.107. The van der Waals surface area contributed by atoms with Gasteiger partial charge in [-0.3, -0.25) is 0 Å². The molecule has 1 rings (SSSR count). The third-order valence-electron chi connectivity index (χ3n) is 3.45.